The van der Waals surface area contributed by atoms with Crippen LogP contribution < -0.4 is 13.8 Å². The number of hydrogen-bond donors (Lipinski definition) is 0. The van der Waals surface area contributed by atoms with Crippen LogP contribution in [-0.2, 0) is 10.0 Å². The molecular formula is C16H18FNO4S. The van der Waals surface area contributed by atoms with Gasteiger partial charge in [0.2, 0.25) is 0 Å². The van der Waals surface area contributed by atoms with Gasteiger partial charge in [-0.25, -0.2) is 12.8 Å². The van der Waals surface area contributed by atoms with Gasteiger partial charge in [0, 0.05) is 12.6 Å². The predicted octanol–water partition coefficient (Wildman–Crippen LogP) is 3.06. The Morgan fingerprint density at radius 2 is 1.83 bits per heavy atom. The van der Waals surface area contributed by atoms with Gasteiger partial charge < -0.3 is 9.47 Å². The van der Waals surface area contributed by atoms with Crippen molar-refractivity contribution in [2.45, 2.75) is 11.8 Å². The maximum absolute atomic E-state index is 13.5. The first-order valence-electron chi connectivity index (χ1n) is 6.94. The minimum atomic E-state index is -3.93. The highest BCUT2D eigenvalue weighted by molar-refractivity contribution is 7.93. The quantitative estimate of drug-likeness (QED) is 0.812. The highest BCUT2D eigenvalue weighted by atomic mass is 32.2. The number of hydrogen-bond acceptors (Lipinski definition) is 4. The minimum absolute atomic E-state index is 0.0366. The van der Waals surface area contributed by atoms with E-state index in [0.717, 1.165) is 4.31 Å². The van der Waals surface area contributed by atoms with Crippen molar-refractivity contribution in [3.05, 3.63) is 48.3 Å². The van der Waals surface area contributed by atoms with Crippen molar-refractivity contribution in [3.8, 4) is 11.5 Å². The lowest BCUT2D eigenvalue weighted by Crippen LogP contribution is -2.31. The van der Waals surface area contributed by atoms with E-state index in [2.05, 4.69) is 0 Å². The number of ether oxygens (including phenoxy) is 2. The molecular weight excluding hydrogens is 321 g/mol. The minimum Gasteiger partial charge on any atom is -0.497 e. The zero-order chi connectivity index (χ0) is 17.0. The first kappa shape index (κ1) is 17.1. The molecule has 0 aliphatic carbocycles. The molecule has 0 saturated heterocycles. The third-order valence-corrected chi connectivity index (χ3v) is 5.25. The third-order valence-electron chi connectivity index (χ3n) is 3.32. The summed E-state index contributed by atoms with van der Waals surface area (Å²) in [6.07, 6.45) is 0. The van der Waals surface area contributed by atoms with Gasteiger partial charge >= 0.3 is 0 Å². The first-order chi connectivity index (χ1) is 10.9. The largest absolute Gasteiger partial charge is 0.497 e. The summed E-state index contributed by atoms with van der Waals surface area (Å²) in [4.78, 5) is -0.0366. The lowest BCUT2D eigenvalue weighted by Gasteiger charge is -2.24. The van der Waals surface area contributed by atoms with Crippen LogP contribution in [0, 0.1) is 5.82 Å². The summed E-state index contributed by atoms with van der Waals surface area (Å²) in [7, 11) is -1.10. The van der Waals surface area contributed by atoms with E-state index in [0.29, 0.717) is 5.75 Å². The van der Waals surface area contributed by atoms with Crippen molar-refractivity contribution in [2.75, 3.05) is 25.1 Å². The van der Waals surface area contributed by atoms with E-state index in [1.165, 1.54) is 50.6 Å². The second kappa shape index (κ2) is 6.87. The number of halogens is 1. The first-order valence-corrected chi connectivity index (χ1v) is 8.38. The van der Waals surface area contributed by atoms with E-state index in [1.807, 2.05) is 0 Å². The Labute approximate surface area is 135 Å². The van der Waals surface area contributed by atoms with Gasteiger partial charge in [-0.1, -0.05) is 6.07 Å². The van der Waals surface area contributed by atoms with Gasteiger partial charge in [-0.2, -0.15) is 0 Å². The average Bonchev–Trinajstić information content (AvgIpc) is 2.54. The van der Waals surface area contributed by atoms with Gasteiger partial charge in [0.05, 0.1) is 19.9 Å². The van der Waals surface area contributed by atoms with Crippen molar-refractivity contribution < 1.29 is 22.3 Å². The summed E-state index contributed by atoms with van der Waals surface area (Å²) < 4.78 is 50.8. The van der Waals surface area contributed by atoms with Crippen LogP contribution in [0.4, 0.5) is 10.1 Å². The molecule has 0 saturated carbocycles. The fourth-order valence-electron chi connectivity index (χ4n) is 2.23. The van der Waals surface area contributed by atoms with E-state index in [4.69, 9.17) is 9.47 Å². The van der Waals surface area contributed by atoms with Gasteiger partial charge in [-0.3, -0.25) is 4.31 Å². The Bertz CT molecular complexity index is 792. The smallest absolute Gasteiger partial charge is 0.268 e. The lowest BCUT2D eigenvalue weighted by atomic mass is 10.3. The molecule has 124 valence electrons. The summed E-state index contributed by atoms with van der Waals surface area (Å²) in [5.41, 5.74) is 0.248. The van der Waals surface area contributed by atoms with Gasteiger partial charge in [-0.05, 0) is 37.3 Å². The summed E-state index contributed by atoms with van der Waals surface area (Å²) >= 11 is 0. The molecule has 7 heteroatoms. The molecule has 0 bridgehead atoms. The summed E-state index contributed by atoms with van der Waals surface area (Å²) in [5, 5.41) is 0. The van der Waals surface area contributed by atoms with Crippen LogP contribution >= 0.6 is 0 Å². The second-order valence-electron chi connectivity index (χ2n) is 4.67. The van der Waals surface area contributed by atoms with Crippen molar-refractivity contribution in [1.82, 2.24) is 0 Å². The van der Waals surface area contributed by atoms with Gasteiger partial charge in [0.1, 0.15) is 22.2 Å². The van der Waals surface area contributed by atoms with Crippen LogP contribution in [-0.4, -0.2) is 29.2 Å². The number of methoxy groups -OCH3 is 2. The van der Waals surface area contributed by atoms with Crippen molar-refractivity contribution in [1.29, 1.82) is 0 Å². The molecule has 23 heavy (non-hydrogen) atoms. The molecule has 0 atom stereocenters. The Balaban J connectivity index is 2.59. The molecule has 2 aromatic carbocycles. The number of rotatable bonds is 6. The summed E-state index contributed by atoms with van der Waals surface area (Å²) in [5.74, 6) is 0.0779. The van der Waals surface area contributed by atoms with Crippen LogP contribution in [0.2, 0.25) is 0 Å². The Morgan fingerprint density at radius 3 is 2.39 bits per heavy atom. The van der Waals surface area contributed by atoms with Crippen molar-refractivity contribution in [3.63, 3.8) is 0 Å². The lowest BCUT2D eigenvalue weighted by molar-refractivity contribution is 0.392. The molecule has 0 radical (unpaired) electrons. The van der Waals surface area contributed by atoms with Crippen LogP contribution in [0.25, 0.3) is 0 Å². The highest BCUT2D eigenvalue weighted by Crippen LogP contribution is 2.32. The van der Waals surface area contributed by atoms with E-state index < -0.39 is 15.8 Å². The Kier molecular flexibility index (Phi) is 5.10. The Hall–Kier alpha value is -2.28. The monoisotopic (exact) mass is 339 g/mol. The SMILES string of the molecule is CCN(c1cccc(F)c1)S(=O)(=O)c1cc(OC)ccc1OC. The second-order valence-corrected chi connectivity index (χ2v) is 6.50. The maximum atomic E-state index is 13.5. The standard InChI is InChI=1S/C16H18FNO4S/c1-4-18(13-7-5-6-12(17)10-13)23(19,20)16-11-14(21-2)8-9-15(16)22-3/h5-11H,4H2,1-3H3. The van der Waals surface area contributed by atoms with Gasteiger partial charge in [0.25, 0.3) is 10.0 Å². The number of sulfonamides is 1. The molecule has 2 aromatic rings. The molecule has 0 N–H and O–H groups in total. The van der Waals surface area contributed by atoms with Crippen LogP contribution in [0.3, 0.4) is 0 Å². The molecule has 0 spiro atoms. The molecule has 5 nitrogen and oxygen atoms in total. The number of nitrogens with zero attached hydrogens (tertiary/aromatic N) is 1. The molecule has 0 aliphatic heterocycles. The summed E-state index contributed by atoms with van der Waals surface area (Å²) in [6.45, 7) is 1.82. The van der Waals surface area contributed by atoms with Crippen LogP contribution in [0.1, 0.15) is 6.92 Å². The average molecular weight is 339 g/mol. The molecule has 0 fully saturated rings. The predicted molar refractivity (Wildman–Crippen MR) is 86.2 cm³/mol. The fourth-order valence-corrected chi connectivity index (χ4v) is 3.87. The van der Waals surface area contributed by atoms with Gasteiger partial charge in [0.15, 0.2) is 0 Å². The summed E-state index contributed by atoms with van der Waals surface area (Å²) in [6, 6.07) is 9.95. The van der Waals surface area contributed by atoms with Crippen LogP contribution in [0.5, 0.6) is 11.5 Å². The zero-order valence-corrected chi connectivity index (χ0v) is 13.9. The van der Waals surface area contributed by atoms with E-state index in [1.54, 1.807) is 13.0 Å². The maximum Gasteiger partial charge on any atom is 0.268 e. The van der Waals surface area contributed by atoms with E-state index in [-0.39, 0.29) is 22.9 Å². The van der Waals surface area contributed by atoms with Crippen LogP contribution in [0.15, 0.2) is 47.4 Å². The Morgan fingerprint density at radius 1 is 1.09 bits per heavy atom. The number of anilines is 1. The number of benzene rings is 2. The molecule has 0 aromatic heterocycles. The highest BCUT2D eigenvalue weighted by Gasteiger charge is 2.28. The zero-order valence-electron chi connectivity index (χ0n) is 13.1. The molecule has 0 unspecified atom stereocenters. The topological polar surface area (TPSA) is 55.8 Å². The van der Waals surface area contributed by atoms with Crippen molar-refractivity contribution in [2.24, 2.45) is 0 Å². The molecule has 0 aliphatic rings. The fraction of sp³-hybridized carbons (Fsp3) is 0.250. The molecule has 0 heterocycles. The normalized spacial score (nSPS) is 11.1. The van der Waals surface area contributed by atoms with Crippen molar-refractivity contribution >= 4 is 15.7 Å². The van der Waals surface area contributed by atoms with Gasteiger partial charge in [-0.15, -0.1) is 0 Å². The van der Waals surface area contributed by atoms with E-state index in [9.17, 15) is 12.8 Å². The molecule has 2 rings (SSSR count). The third kappa shape index (κ3) is 3.39. The molecule has 0 amide bonds. The van der Waals surface area contributed by atoms with E-state index >= 15 is 0 Å².